The molecule has 2 aliphatic heterocycles. The molecule has 2 aromatic carbocycles. The Morgan fingerprint density at radius 3 is 2.74 bits per heavy atom. The molecule has 2 aliphatic rings. The van der Waals surface area contributed by atoms with Gasteiger partial charge in [0, 0.05) is 21.2 Å². The Balaban J connectivity index is 1.88. The molecule has 0 aromatic heterocycles. The van der Waals surface area contributed by atoms with Crippen LogP contribution in [0.3, 0.4) is 0 Å². The van der Waals surface area contributed by atoms with Crippen molar-refractivity contribution in [3.05, 3.63) is 63.2 Å². The van der Waals surface area contributed by atoms with Crippen LogP contribution in [0, 0.1) is 3.57 Å². The molecular formula is C18H17IN4. The summed E-state index contributed by atoms with van der Waals surface area (Å²) in [6.07, 6.45) is 0. The van der Waals surface area contributed by atoms with Crippen molar-refractivity contribution in [1.82, 2.24) is 5.01 Å². The van der Waals surface area contributed by atoms with Crippen LogP contribution in [0.15, 0.2) is 58.6 Å². The molecule has 0 spiro atoms. The van der Waals surface area contributed by atoms with Crippen LogP contribution in [0.1, 0.15) is 18.1 Å². The average molecular weight is 416 g/mol. The van der Waals surface area contributed by atoms with Gasteiger partial charge in [0.15, 0.2) is 5.84 Å². The number of halogens is 1. The first-order valence-corrected chi connectivity index (χ1v) is 8.84. The number of fused-ring (bicyclic) bond motifs is 3. The molecule has 0 saturated carbocycles. The molecule has 0 bridgehead atoms. The zero-order valence-corrected chi connectivity index (χ0v) is 15.1. The predicted molar refractivity (Wildman–Crippen MR) is 103 cm³/mol. The van der Waals surface area contributed by atoms with E-state index >= 15 is 0 Å². The van der Waals surface area contributed by atoms with Crippen LogP contribution in [0.4, 0.5) is 5.69 Å². The summed E-state index contributed by atoms with van der Waals surface area (Å²) in [6, 6.07) is 17.0. The lowest BCUT2D eigenvalue weighted by atomic mass is 10.0. The van der Waals surface area contributed by atoms with E-state index in [1.807, 2.05) is 6.07 Å². The summed E-state index contributed by atoms with van der Waals surface area (Å²) in [5.74, 6) is 1.03. The van der Waals surface area contributed by atoms with Gasteiger partial charge in [0.25, 0.3) is 0 Å². The summed E-state index contributed by atoms with van der Waals surface area (Å²) in [6.45, 7) is 4.46. The smallest absolute Gasteiger partial charge is 0.152 e. The number of hydrogen-bond acceptors (Lipinski definition) is 4. The second-order valence-electron chi connectivity index (χ2n) is 5.60. The van der Waals surface area contributed by atoms with Gasteiger partial charge in [-0.3, -0.25) is 10.0 Å². The molecule has 23 heavy (non-hydrogen) atoms. The van der Waals surface area contributed by atoms with E-state index in [0.29, 0.717) is 6.54 Å². The van der Waals surface area contributed by atoms with Crippen molar-refractivity contribution in [2.24, 2.45) is 10.1 Å². The molecule has 4 rings (SSSR count). The predicted octanol–water partition coefficient (Wildman–Crippen LogP) is 3.56. The maximum Gasteiger partial charge on any atom is 0.152 e. The Kier molecular flexibility index (Phi) is 3.80. The van der Waals surface area contributed by atoms with Crippen molar-refractivity contribution < 1.29 is 0 Å². The summed E-state index contributed by atoms with van der Waals surface area (Å²) in [7, 11) is 0. The van der Waals surface area contributed by atoms with Crippen LogP contribution in [-0.4, -0.2) is 36.3 Å². The Bertz CT molecular complexity index is 798. The molecule has 0 unspecified atom stereocenters. The molecule has 2 heterocycles. The van der Waals surface area contributed by atoms with Crippen molar-refractivity contribution in [3.63, 3.8) is 0 Å². The van der Waals surface area contributed by atoms with Crippen LogP contribution in [0.5, 0.6) is 0 Å². The van der Waals surface area contributed by atoms with Crippen molar-refractivity contribution in [2.45, 2.75) is 6.92 Å². The molecule has 116 valence electrons. The first kappa shape index (κ1) is 14.7. The lowest BCUT2D eigenvalue weighted by Gasteiger charge is -2.22. The summed E-state index contributed by atoms with van der Waals surface area (Å²) in [5, 5.41) is 6.79. The molecule has 0 atom stereocenters. The zero-order valence-electron chi connectivity index (χ0n) is 12.9. The number of anilines is 1. The van der Waals surface area contributed by atoms with Gasteiger partial charge in [-0.15, -0.1) is 0 Å². The fourth-order valence-electron chi connectivity index (χ4n) is 3.01. The third-order valence-corrected chi connectivity index (χ3v) is 4.84. The third kappa shape index (κ3) is 2.63. The van der Waals surface area contributed by atoms with E-state index in [0.717, 1.165) is 30.3 Å². The number of nitrogens with zero attached hydrogens (tertiary/aromatic N) is 4. The molecule has 2 aromatic rings. The Labute approximate surface area is 149 Å². The molecule has 5 heteroatoms. The van der Waals surface area contributed by atoms with E-state index in [2.05, 4.69) is 81.9 Å². The van der Waals surface area contributed by atoms with Gasteiger partial charge in [-0.2, -0.15) is 5.10 Å². The largest absolute Gasteiger partial charge is 0.306 e. The summed E-state index contributed by atoms with van der Waals surface area (Å²) in [5.41, 5.74) is 4.59. The SMILES string of the molecule is CCN1CN2C(=N1)CN=C(c1ccccc1)c1cc(I)ccc12. The second kappa shape index (κ2) is 5.96. The number of amidine groups is 1. The highest BCUT2D eigenvalue weighted by Gasteiger charge is 2.29. The highest BCUT2D eigenvalue weighted by atomic mass is 127. The number of aliphatic imine (C=N–C) groups is 1. The topological polar surface area (TPSA) is 31.2 Å². The van der Waals surface area contributed by atoms with Crippen LogP contribution >= 0.6 is 22.6 Å². The fraction of sp³-hybridized carbons (Fsp3) is 0.222. The molecule has 0 aliphatic carbocycles. The number of hydrazone groups is 1. The van der Waals surface area contributed by atoms with Crippen molar-refractivity contribution in [3.8, 4) is 0 Å². The third-order valence-electron chi connectivity index (χ3n) is 4.17. The maximum atomic E-state index is 4.90. The van der Waals surface area contributed by atoms with Crippen LogP contribution in [-0.2, 0) is 0 Å². The van der Waals surface area contributed by atoms with E-state index < -0.39 is 0 Å². The average Bonchev–Trinajstić information content (AvgIpc) is 2.93. The first-order valence-electron chi connectivity index (χ1n) is 7.76. The lowest BCUT2D eigenvalue weighted by molar-refractivity contribution is 0.337. The van der Waals surface area contributed by atoms with Gasteiger partial charge >= 0.3 is 0 Å². The summed E-state index contributed by atoms with van der Waals surface area (Å²) >= 11 is 2.37. The zero-order chi connectivity index (χ0) is 15.8. The first-order chi connectivity index (χ1) is 11.3. The van der Waals surface area contributed by atoms with E-state index in [4.69, 9.17) is 10.1 Å². The van der Waals surface area contributed by atoms with Crippen molar-refractivity contribution >= 4 is 39.8 Å². The van der Waals surface area contributed by atoms with Gasteiger partial charge in [0.2, 0.25) is 0 Å². The highest BCUT2D eigenvalue weighted by molar-refractivity contribution is 14.1. The van der Waals surface area contributed by atoms with Gasteiger partial charge in [0.1, 0.15) is 6.67 Å². The van der Waals surface area contributed by atoms with E-state index in [-0.39, 0.29) is 0 Å². The van der Waals surface area contributed by atoms with Crippen LogP contribution in [0.25, 0.3) is 0 Å². The Morgan fingerprint density at radius 1 is 1.13 bits per heavy atom. The molecule has 0 fully saturated rings. The Hall–Kier alpha value is -1.89. The highest BCUT2D eigenvalue weighted by Crippen LogP contribution is 2.30. The minimum absolute atomic E-state index is 0.617. The van der Waals surface area contributed by atoms with Gasteiger partial charge < -0.3 is 4.90 Å². The second-order valence-corrected chi connectivity index (χ2v) is 6.85. The van der Waals surface area contributed by atoms with Crippen molar-refractivity contribution in [1.29, 1.82) is 0 Å². The van der Waals surface area contributed by atoms with E-state index in [1.54, 1.807) is 0 Å². The molecule has 0 saturated heterocycles. The number of rotatable bonds is 2. The summed E-state index contributed by atoms with van der Waals surface area (Å²) < 4.78 is 1.22. The van der Waals surface area contributed by atoms with Gasteiger partial charge in [-0.1, -0.05) is 30.3 Å². The van der Waals surface area contributed by atoms with Crippen LogP contribution < -0.4 is 4.90 Å². The van der Waals surface area contributed by atoms with E-state index in [9.17, 15) is 0 Å². The minimum atomic E-state index is 0.617. The van der Waals surface area contributed by atoms with Gasteiger partial charge in [0.05, 0.1) is 17.9 Å². The maximum absolute atomic E-state index is 4.90. The van der Waals surface area contributed by atoms with Crippen LogP contribution in [0.2, 0.25) is 0 Å². The van der Waals surface area contributed by atoms with Gasteiger partial charge in [-0.05, 0) is 47.7 Å². The number of hydrogen-bond donors (Lipinski definition) is 0. The molecule has 0 radical (unpaired) electrons. The standard InChI is InChI=1S/C18H17IN4/c1-2-22-12-23-16-9-8-14(19)10-15(16)18(20-11-17(23)21-22)13-6-4-3-5-7-13/h3-10H,2,11-12H2,1H3. The monoisotopic (exact) mass is 416 g/mol. The molecular weight excluding hydrogens is 399 g/mol. The Morgan fingerprint density at radius 2 is 1.96 bits per heavy atom. The minimum Gasteiger partial charge on any atom is -0.306 e. The molecule has 0 amide bonds. The fourth-order valence-corrected chi connectivity index (χ4v) is 3.50. The normalized spacial score (nSPS) is 16.4. The van der Waals surface area contributed by atoms with E-state index in [1.165, 1.54) is 14.8 Å². The lowest BCUT2D eigenvalue weighted by Crippen LogP contribution is -2.32. The summed E-state index contributed by atoms with van der Waals surface area (Å²) in [4.78, 5) is 7.19. The van der Waals surface area contributed by atoms with Crippen molar-refractivity contribution in [2.75, 3.05) is 24.7 Å². The molecule has 4 nitrogen and oxygen atoms in total. The number of benzene rings is 2. The quantitative estimate of drug-likeness (QED) is 0.702. The molecule has 0 N–H and O–H groups in total. The van der Waals surface area contributed by atoms with Gasteiger partial charge in [-0.25, -0.2) is 0 Å².